The molecule has 0 heterocycles. The molecule has 0 aromatic rings. The van der Waals surface area contributed by atoms with Gasteiger partial charge in [0.05, 0.1) is 12.6 Å². The molecule has 0 aromatic heterocycles. The Labute approximate surface area is 45.8 Å². The largest absolute Gasteiger partial charge is 0.378 e. The Morgan fingerprint density at radius 2 is 2.62 bits per heavy atom. The van der Waals surface area contributed by atoms with Crippen LogP contribution in [0.1, 0.15) is 0 Å². The van der Waals surface area contributed by atoms with Gasteiger partial charge < -0.3 is 5.11 Å². The van der Waals surface area contributed by atoms with Gasteiger partial charge in [0.2, 0.25) is 0 Å². The lowest BCUT2D eigenvalue weighted by atomic mass is 10.4. The highest BCUT2D eigenvalue weighted by Crippen LogP contribution is 1.79. The van der Waals surface area contributed by atoms with E-state index in [0.717, 1.165) is 0 Å². The Hall–Kier alpha value is -1.24. The molecule has 0 aliphatic rings. The van der Waals surface area contributed by atoms with Crippen molar-refractivity contribution in [3.05, 3.63) is 10.4 Å². The summed E-state index contributed by atoms with van der Waals surface area (Å²) in [5.41, 5.74) is 7.65. The van der Waals surface area contributed by atoms with Crippen molar-refractivity contribution in [3.8, 4) is 6.07 Å². The number of aliphatic hydroxyl groups is 1. The first-order chi connectivity index (χ1) is 3.81. The summed E-state index contributed by atoms with van der Waals surface area (Å²) in [7, 11) is 0. The number of nitriles is 1. The van der Waals surface area contributed by atoms with Gasteiger partial charge in [-0.1, -0.05) is 5.11 Å². The SMILES string of the molecule is N#CC(O)CN=[N+]=[N-]. The second kappa shape index (κ2) is 3.93. The number of aliphatic hydroxyl groups excluding tert-OH is 1. The van der Waals surface area contributed by atoms with E-state index in [9.17, 15) is 0 Å². The Balaban J connectivity index is 3.43. The van der Waals surface area contributed by atoms with Gasteiger partial charge >= 0.3 is 0 Å². The zero-order valence-electron chi connectivity index (χ0n) is 4.02. The predicted molar refractivity (Wildman–Crippen MR) is 25.6 cm³/mol. The molecule has 0 bridgehead atoms. The van der Waals surface area contributed by atoms with Crippen LogP contribution in [0, 0.1) is 11.3 Å². The molecule has 42 valence electrons. The molecule has 0 aliphatic carbocycles. The first kappa shape index (κ1) is 6.76. The Bertz CT molecular complexity index is 142. The van der Waals surface area contributed by atoms with Gasteiger partial charge in [-0.15, -0.1) is 0 Å². The Morgan fingerprint density at radius 3 is 3.00 bits per heavy atom. The van der Waals surface area contributed by atoms with Gasteiger partial charge in [0.1, 0.15) is 6.10 Å². The van der Waals surface area contributed by atoms with Crippen molar-refractivity contribution >= 4 is 0 Å². The molecule has 8 heavy (non-hydrogen) atoms. The standard InChI is InChI=1S/C3H4N4O/c4-1-3(8)2-6-7-5/h3,8H,2H2. The van der Waals surface area contributed by atoms with Crippen molar-refractivity contribution in [2.24, 2.45) is 5.11 Å². The van der Waals surface area contributed by atoms with Crippen molar-refractivity contribution in [1.82, 2.24) is 0 Å². The lowest BCUT2D eigenvalue weighted by molar-refractivity contribution is 0.238. The summed E-state index contributed by atoms with van der Waals surface area (Å²) in [6.07, 6.45) is -1.16. The molecular formula is C3H4N4O. The monoisotopic (exact) mass is 112 g/mol. The maximum absolute atomic E-state index is 8.36. The first-order valence-electron chi connectivity index (χ1n) is 1.89. The summed E-state index contributed by atoms with van der Waals surface area (Å²) in [5.74, 6) is 0. The quantitative estimate of drug-likeness (QED) is 0.239. The Morgan fingerprint density at radius 1 is 2.00 bits per heavy atom. The second-order valence-corrected chi connectivity index (χ2v) is 1.06. The zero-order valence-corrected chi connectivity index (χ0v) is 4.02. The van der Waals surface area contributed by atoms with Crippen molar-refractivity contribution in [2.45, 2.75) is 6.10 Å². The molecule has 5 heteroatoms. The molecule has 0 rings (SSSR count). The van der Waals surface area contributed by atoms with Crippen molar-refractivity contribution in [1.29, 1.82) is 5.26 Å². The number of nitrogens with zero attached hydrogens (tertiary/aromatic N) is 4. The molecule has 5 nitrogen and oxygen atoms in total. The normalized spacial score (nSPS) is 11.0. The topological polar surface area (TPSA) is 92.8 Å². The van der Waals surface area contributed by atoms with Gasteiger partial charge in [-0.05, 0) is 5.53 Å². The molecule has 0 saturated heterocycles. The summed E-state index contributed by atoms with van der Waals surface area (Å²) >= 11 is 0. The van der Waals surface area contributed by atoms with Crippen LogP contribution in [0.5, 0.6) is 0 Å². The van der Waals surface area contributed by atoms with E-state index in [0.29, 0.717) is 0 Å². The van der Waals surface area contributed by atoms with Gasteiger partial charge in [0.25, 0.3) is 0 Å². The summed E-state index contributed by atoms with van der Waals surface area (Å²) in [4.78, 5) is 2.34. The van der Waals surface area contributed by atoms with E-state index in [4.69, 9.17) is 15.9 Å². The van der Waals surface area contributed by atoms with Gasteiger partial charge in [-0.25, -0.2) is 0 Å². The molecule has 0 amide bonds. The van der Waals surface area contributed by atoms with Gasteiger partial charge in [-0.3, -0.25) is 0 Å². The smallest absolute Gasteiger partial charge is 0.146 e. The van der Waals surface area contributed by atoms with Gasteiger partial charge in [0.15, 0.2) is 0 Å². The number of hydrogen-bond acceptors (Lipinski definition) is 3. The molecule has 0 spiro atoms. The minimum Gasteiger partial charge on any atom is -0.378 e. The van der Waals surface area contributed by atoms with E-state index in [1.807, 2.05) is 0 Å². The third-order valence-corrected chi connectivity index (χ3v) is 0.467. The zero-order chi connectivity index (χ0) is 6.41. The van der Waals surface area contributed by atoms with Crippen molar-refractivity contribution < 1.29 is 5.11 Å². The van der Waals surface area contributed by atoms with Crippen LogP contribution in [0.25, 0.3) is 10.4 Å². The lowest BCUT2D eigenvalue weighted by Crippen LogP contribution is -2.05. The molecule has 0 fully saturated rings. The van der Waals surface area contributed by atoms with Crippen molar-refractivity contribution in [3.63, 3.8) is 0 Å². The number of hydrogen-bond donors (Lipinski definition) is 1. The highest BCUT2D eigenvalue weighted by molar-refractivity contribution is 4.83. The third kappa shape index (κ3) is 2.97. The van der Waals surface area contributed by atoms with Crippen LogP contribution in [0.15, 0.2) is 5.11 Å². The van der Waals surface area contributed by atoms with Crippen LogP contribution in [-0.4, -0.2) is 17.8 Å². The van der Waals surface area contributed by atoms with E-state index in [1.54, 1.807) is 0 Å². The van der Waals surface area contributed by atoms with Crippen molar-refractivity contribution in [2.75, 3.05) is 6.54 Å². The van der Waals surface area contributed by atoms with E-state index >= 15 is 0 Å². The minimum atomic E-state index is -1.16. The molecule has 0 aromatic carbocycles. The van der Waals surface area contributed by atoms with E-state index in [2.05, 4.69) is 10.0 Å². The number of azide groups is 1. The molecule has 1 atom stereocenters. The molecule has 0 aliphatic heterocycles. The predicted octanol–water partition coefficient (Wildman–Crippen LogP) is 0.181. The number of rotatable bonds is 2. The average molecular weight is 112 g/mol. The van der Waals surface area contributed by atoms with Crippen LogP contribution < -0.4 is 0 Å². The van der Waals surface area contributed by atoms with E-state index in [1.165, 1.54) is 6.07 Å². The molecule has 0 saturated carbocycles. The Kier molecular flexibility index (Phi) is 3.32. The fourth-order valence-corrected chi connectivity index (χ4v) is 0.155. The first-order valence-corrected chi connectivity index (χ1v) is 1.89. The van der Waals surface area contributed by atoms with Crippen LogP contribution in [-0.2, 0) is 0 Å². The van der Waals surface area contributed by atoms with Crippen LogP contribution in [0.2, 0.25) is 0 Å². The van der Waals surface area contributed by atoms with E-state index < -0.39 is 6.10 Å². The minimum absolute atomic E-state index is 0.174. The molecule has 0 radical (unpaired) electrons. The summed E-state index contributed by atoms with van der Waals surface area (Å²) in [5, 5.41) is 19.2. The highest BCUT2D eigenvalue weighted by atomic mass is 16.3. The summed E-state index contributed by atoms with van der Waals surface area (Å²) in [6, 6.07) is 1.49. The van der Waals surface area contributed by atoms with Gasteiger partial charge in [0, 0.05) is 4.91 Å². The molecule has 1 N–H and O–H groups in total. The maximum Gasteiger partial charge on any atom is 0.146 e. The molecule has 1 unspecified atom stereocenters. The maximum atomic E-state index is 8.36. The molecular weight excluding hydrogens is 108 g/mol. The summed E-state index contributed by atoms with van der Waals surface area (Å²) < 4.78 is 0. The second-order valence-electron chi connectivity index (χ2n) is 1.06. The van der Waals surface area contributed by atoms with Gasteiger partial charge in [-0.2, -0.15) is 5.26 Å². The average Bonchev–Trinajstić information content (AvgIpc) is 1.83. The lowest BCUT2D eigenvalue weighted by Gasteiger charge is -1.88. The summed E-state index contributed by atoms with van der Waals surface area (Å²) in [6.45, 7) is -0.174. The fourth-order valence-electron chi connectivity index (χ4n) is 0.155. The highest BCUT2D eigenvalue weighted by Gasteiger charge is 1.94. The van der Waals surface area contributed by atoms with E-state index in [-0.39, 0.29) is 6.54 Å². The van der Waals surface area contributed by atoms with Crippen LogP contribution in [0.4, 0.5) is 0 Å². The fraction of sp³-hybridized carbons (Fsp3) is 0.667. The van der Waals surface area contributed by atoms with Crippen LogP contribution in [0.3, 0.4) is 0 Å². The third-order valence-electron chi connectivity index (χ3n) is 0.467. The van der Waals surface area contributed by atoms with Crippen LogP contribution >= 0.6 is 0 Å².